The zero-order chi connectivity index (χ0) is 26.4. The summed E-state index contributed by atoms with van der Waals surface area (Å²) in [7, 11) is 0. The molecule has 6 heteroatoms. The first kappa shape index (κ1) is 26.6. The summed E-state index contributed by atoms with van der Waals surface area (Å²) in [5.41, 5.74) is 3.77. The second-order valence-corrected chi connectivity index (χ2v) is 11.4. The molecule has 196 valence electrons. The first-order chi connectivity index (χ1) is 17.7. The molecule has 3 aromatic rings. The number of rotatable bonds is 9. The van der Waals surface area contributed by atoms with Crippen molar-refractivity contribution in [2.24, 2.45) is 5.92 Å². The Bertz CT molecular complexity index is 1190. The molecule has 0 radical (unpaired) electrons. The topological polar surface area (TPSA) is 67.2 Å². The largest absolute Gasteiger partial charge is 0.329 e. The highest BCUT2D eigenvalue weighted by Crippen LogP contribution is 2.29. The number of hydrogen-bond donors (Lipinski definition) is 1. The molecule has 1 aliphatic carbocycles. The van der Waals surface area contributed by atoms with E-state index in [4.69, 9.17) is 5.10 Å². The van der Waals surface area contributed by atoms with Gasteiger partial charge in [0.15, 0.2) is 0 Å². The molecule has 37 heavy (non-hydrogen) atoms. The van der Waals surface area contributed by atoms with Gasteiger partial charge in [-0.05, 0) is 37.0 Å². The van der Waals surface area contributed by atoms with Crippen molar-refractivity contribution in [2.45, 2.75) is 78.2 Å². The van der Waals surface area contributed by atoms with Crippen LogP contribution in [0.5, 0.6) is 0 Å². The van der Waals surface area contributed by atoms with Crippen LogP contribution in [0.1, 0.15) is 76.1 Å². The molecule has 0 spiro atoms. The Labute approximate surface area is 221 Å². The zero-order valence-corrected chi connectivity index (χ0v) is 22.7. The second-order valence-electron chi connectivity index (χ2n) is 11.4. The molecular weight excluding hydrogens is 460 g/mol. The van der Waals surface area contributed by atoms with Crippen LogP contribution in [0.2, 0.25) is 0 Å². The minimum atomic E-state index is -0.223. The summed E-state index contributed by atoms with van der Waals surface area (Å²) in [5.74, 6) is 1.06. The Morgan fingerprint density at radius 1 is 1.03 bits per heavy atom. The number of carbonyl (C=O) groups is 2. The molecule has 1 aliphatic rings. The van der Waals surface area contributed by atoms with Gasteiger partial charge in [-0.25, -0.2) is 4.68 Å². The van der Waals surface area contributed by atoms with E-state index in [1.165, 1.54) is 25.7 Å². The van der Waals surface area contributed by atoms with Crippen LogP contribution in [0.4, 0.5) is 5.82 Å². The van der Waals surface area contributed by atoms with Crippen LogP contribution in [0.25, 0.3) is 5.69 Å². The molecule has 1 saturated carbocycles. The molecule has 1 N–H and O–H groups in total. The Balaban J connectivity index is 1.52. The monoisotopic (exact) mass is 500 g/mol. The van der Waals surface area contributed by atoms with Crippen molar-refractivity contribution in [3.63, 3.8) is 0 Å². The highest BCUT2D eigenvalue weighted by atomic mass is 16.2. The van der Waals surface area contributed by atoms with Crippen molar-refractivity contribution in [3.8, 4) is 5.69 Å². The average molecular weight is 501 g/mol. The summed E-state index contributed by atoms with van der Waals surface area (Å²) < 4.78 is 1.78. The van der Waals surface area contributed by atoms with Gasteiger partial charge in [-0.3, -0.25) is 9.59 Å². The minimum absolute atomic E-state index is 0.00230. The van der Waals surface area contributed by atoms with E-state index in [1.54, 1.807) is 9.58 Å². The van der Waals surface area contributed by atoms with E-state index in [-0.39, 0.29) is 23.8 Å². The Morgan fingerprint density at radius 3 is 2.35 bits per heavy atom. The minimum Gasteiger partial charge on any atom is -0.329 e. The fourth-order valence-electron chi connectivity index (χ4n) is 4.90. The van der Waals surface area contributed by atoms with Gasteiger partial charge in [-0.1, -0.05) is 94.5 Å². The third kappa shape index (κ3) is 7.31. The van der Waals surface area contributed by atoms with Crippen LogP contribution in [-0.4, -0.2) is 33.0 Å². The molecular formula is C31H40N4O2. The van der Waals surface area contributed by atoms with Crippen LogP contribution < -0.4 is 5.32 Å². The van der Waals surface area contributed by atoms with Gasteiger partial charge >= 0.3 is 0 Å². The highest BCUT2D eigenvalue weighted by Gasteiger charge is 2.24. The van der Waals surface area contributed by atoms with Gasteiger partial charge in [-0.15, -0.1) is 0 Å². The van der Waals surface area contributed by atoms with E-state index < -0.39 is 0 Å². The predicted molar refractivity (Wildman–Crippen MR) is 149 cm³/mol. The van der Waals surface area contributed by atoms with E-state index in [0.717, 1.165) is 28.9 Å². The maximum absolute atomic E-state index is 13.3. The first-order valence-corrected chi connectivity index (χ1v) is 13.5. The van der Waals surface area contributed by atoms with Gasteiger partial charge in [-0.2, -0.15) is 5.10 Å². The van der Waals surface area contributed by atoms with Crippen molar-refractivity contribution in [3.05, 3.63) is 77.5 Å². The maximum atomic E-state index is 13.3. The quantitative estimate of drug-likeness (QED) is 0.369. The van der Waals surface area contributed by atoms with E-state index in [0.29, 0.717) is 24.7 Å². The number of hydrogen-bond acceptors (Lipinski definition) is 3. The molecule has 2 aromatic carbocycles. The number of aryl methyl sites for hydroxylation is 1. The lowest BCUT2D eigenvalue weighted by molar-refractivity contribution is -0.135. The van der Waals surface area contributed by atoms with Gasteiger partial charge in [0.1, 0.15) is 12.4 Å². The number of aromatic nitrogens is 2. The summed E-state index contributed by atoms with van der Waals surface area (Å²) in [6.07, 6.45) is 6.35. The number of benzene rings is 2. The zero-order valence-electron chi connectivity index (χ0n) is 22.7. The number of amides is 2. The molecule has 0 saturated heterocycles. The molecule has 6 nitrogen and oxygen atoms in total. The van der Waals surface area contributed by atoms with Crippen LogP contribution in [0, 0.1) is 12.8 Å². The molecule has 1 heterocycles. The van der Waals surface area contributed by atoms with Crippen molar-refractivity contribution < 1.29 is 9.59 Å². The lowest BCUT2D eigenvalue weighted by Gasteiger charge is -2.23. The predicted octanol–water partition coefficient (Wildman–Crippen LogP) is 6.42. The van der Waals surface area contributed by atoms with Crippen molar-refractivity contribution in [1.82, 2.24) is 14.7 Å². The molecule has 0 unspecified atom stereocenters. The molecule has 0 bridgehead atoms. The lowest BCUT2D eigenvalue weighted by Crippen LogP contribution is -2.38. The van der Waals surface area contributed by atoms with Gasteiger partial charge in [0.25, 0.3) is 0 Å². The summed E-state index contributed by atoms with van der Waals surface area (Å²) in [4.78, 5) is 28.3. The molecule has 0 aliphatic heterocycles. The highest BCUT2D eigenvalue weighted by molar-refractivity contribution is 5.94. The van der Waals surface area contributed by atoms with Crippen LogP contribution in [0.3, 0.4) is 0 Å². The Kier molecular flexibility index (Phi) is 8.47. The van der Waals surface area contributed by atoms with Gasteiger partial charge in [0.05, 0.1) is 11.4 Å². The Morgan fingerprint density at radius 2 is 1.70 bits per heavy atom. The van der Waals surface area contributed by atoms with Gasteiger partial charge in [0, 0.05) is 24.4 Å². The van der Waals surface area contributed by atoms with E-state index in [1.807, 2.05) is 67.6 Å². The third-order valence-corrected chi connectivity index (χ3v) is 7.17. The number of carbonyl (C=O) groups excluding carboxylic acids is 2. The summed E-state index contributed by atoms with van der Waals surface area (Å²) >= 11 is 0. The number of nitrogens with one attached hydrogen (secondary N) is 1. The maximum Gasteiger partial charge on any atom is 0.245 e. The standard InChI is InChI=1S/C31H40N4O2/c1-23-14-17-26(18-15-23)35-28(20-27(33-35)31(2,3)4)32-29(36)22-34(21-25-12-6-5-7-13-25)30(37)19-16-24-10-8-9-11-24/h5-7,12-15,17-18,20,24H,8-11,16,19,21-22H2,1-4H3,(H,32,36). The Hall–Kier alpha value is -3.41. The van der Waals surface area contributed by atoms with Gasteiger partial charge in [0.2, 0.25) is 11.8 Å². The normalized spacial score (nSPS) is 14.1. The van der Waals surface area contributed by atoms with Crippen molar-refractivity contribution in [2.75, 3.05) is 11.9 Å². The molecule has 4 rings (SSSR count). The number of anilines is 1. The molecule has 1 aromatic heterocycles. The van der Waals surface area contributed by atoms with Crippen LogP contribution in [-0.2, 0) is 21.5 Å². The fraction of sp³-hybridized carbons (Fsp3) is 0.452. The van der Waals surface area contributed by atoms with Crippen molar-refractivity contribution in [1.29, 1.82) is 0 Å². The SMILES string of the molecule is Cc1ccc(-n2nc(C(C)(C)C)cc2NC(=O)CN(Cc2ccccc2)C(=O)CCC2CCCC2)cc1. The van der Waals surface area contributed by atoms with E-state index in [9.17, 15) is 9.59 Å². The summed E-state index contributed by atoms with van der Waals surface area (Å²) in [6.45, 7) is 8.77. The summed E-state index contributed by atoms with van der Waals surface area (Å²) in [6, 6.07) is 19.9. The van der Waals surface area contributed by atoms with E-state index >= 15 is 0 Å². The number of nitrogens with zero attached hydrogens (tertiary/aromatic N) is 3. The fourth-order valence-corrected chi connectivity index (χ4v) is 4.90. The third-order valence-electron chi connectivity index (χ3n) is 7.17. The molecule has 0 atom stereocenters. The van der Waals surface area contributed by atoms with Crippen molar-refractivity contribution >= 4 is 17.6 Å². The average Bonchev–Trinajstić information content (AvgIpc) is 3.53. The van der Waals surface area contributed by atoms with Gasteiger partial charge < -0.3 is 10.2 Å². The second kappa shape index (κ2) is 11.8. The smallest absolute Gasteiger partial charge is 0.245 e. The summed E-state index contributed by atoms with van der Waals surface area (Å²) in [5, 5.41) is 7.86. The first-order valence-electron chi connectivity index (χ1n) is 13.5. The van der Waals surface area contributed by atoms with E-state index in [2.05, 4.69) is 26.1 Å². The van der Waals surface area contributed by atoms with Crippen LogP contribution >= 0.6 is 0 Å². The molecule has 2 amide bonds. The molecule has 1 fully saturated rings. The lowest BCUT2D eigenvalue weighted by atomic mass is 9.92. The van der Waals surface area contributed by atoms with Crippen LogP contribution in [0.15, 0.2) is 60.7 Å².